The Bertz CT molecular complexity index is 860. The van der Waals surface area contributed by atoms with Gasteiger partial charge in [-0.05, 0) is 28.1 Å². The number of nitrogens with one attached hydrogen (secondary N) is 1. The van der Waals surface area contributed by atoms with E-state index in [1.807, 2.05) is 0 Å². The molecule has 2 aromatic rings. The van der Waals surface area contributed by atoms with E-state index in [0.29, 0.717) is 9.37 Å². The number of methoxy groups -OCH3 is 1. The first kappa shape index (κ1) is 18.7. The quantitative estimate of drug-likeness (QED) is 0.545. The summed E-state index contributed by atoms with van der Waals surface area (Å²) in [5.41, 5.74) is -1.11. The number of nitro benzene ring substituents is 2. The molecule has 0 bridgehead atoms. The van der Waals surface area contributed by atoms with Crippen molar-refractivity contribution in [3.8, 4) is 0 Å². The minimum atomic E-state index is -0.899. The smallest absolute Gasteiger partial charge is 0.411 e. The molecule has 0 aliphatic rings. The predicted octanol–water partition coefficient (Wildman–Crippen LogP) is 4.60. The average Bonchev–Trinajstić information content (AvgIpc) is 2.57. The zero-order chi connectivity index (χ0) is 18.6. The maximum atomic E-state index is 11.5. The number of anilines is 1. The molecule has 0 unspecified atom stereocenters. The molecule has 0 aliphatic heterocycles. The zero-order valence-corrected chi connectivity index (χ0v) is 15.0. The lowest BCUT2D eigenvalue weighted by molar-refractivity contribution is -0.395. The van der Waals surface area contributed by atoms with Gasteiger partial charge in [0.25, 0.3) is 11.4 Å². The first-order valence-electron chi connectivity index (χ1n) is 6.57. The Morgan fingerprint density at radius 2 is 1.88 bits per heavy atom. The molecule has 0 radical (unpaired) electrons. The second-order valence-corrected chi connectivity index (χ2v) is 6.41. The Hall–Kier alpha value is -2.66. The van der Waals surface area contributed by atoms with Crippen molar-refractivity contribution in [2.75, 3.05) is 12.4 Å². The number of nitrogens with zero attached hydrogens (tertiary/aromatic N) is 2. The SMILES string of the molecule is COC(=O)Nc1cc([N+](=O)[O-])cc([N+](=O)[O-])c1Sc1ccccc1Br. The van der Waals surface area contributed by atoms with Crippen LogP contribution in [0.3, 0.4) is 0 Å². The second kappa shape index (κ2) is 7.94. The normalized spacial score (nSPS) is 10.2. The molecule has 130 valence electrons. The predicted molar refractivity (Wildman–Crippen MR) is 94.0 cm³/mol. The molecule has 1 N–H and O–H groups in total. The van der Waals surface area contributed by atoms with Crippen molar-refractivity contribution in [2.24, 2.45) is 0 Å². The van der Waals surface area contributed by atoms with Gasteiger partial charge in [-0.3, -0.25) is 25.5 Å². The first-order valence-corrected chi connectivity index (χ1v) is 8.18. The minimum Gasteiger partial charge on any atom is -0.453 e. The monoisotopic (exact) mass is 427 g/mol. The maximum Gasteiger partial charge on any atom is 0.411 e. The number of ether oxygens (including phenoxy) is 1. The van der Waals surface area contributed by atoms with Crippen molar-refractivity contribution >= 4 is 50.8 Å². The summed E-state index contributed by atoms with van der Waals surface area (Å²) in [5, 5.41) is 24.7. The number of carbonyl (C=O) groups is 1. The van der Waals surface area contributed by atoms with Crippen molar-refractivity contribution in [3.63, 3.8) is 0 Å². The van der Waals surface area contributed by atoms with Gasteiger partial charge in [-0.25, -0.2) is 4.79 Å². The lowest BCUT2D eigenvalue weighted by Gasteiger charge is -2.11. The number of carbonyl (C=O) groups excluding carboxylic acids is 1. The van der Waals surface area contributed by atoms with E-state index in [1.165, 1.54) is 0 Å². The van der Waals surface area contributed by atoms with E-state index in [2.05, 4.69) is 26.0 Å². The highest BCUT2D eigenvalue weighted by molar-refractivity contribution is 9.10. The van der Waals surface area contributed by atoms with Crippen LogP contribution in [0.15, 0.2) is 50.7 Å². The molecule has 0 spiro atoms. The van der Waals surface area contributed by atoms with Gasteiger partial charge < -0.3 is 4.74 Å². The van der Waals surface area contributed by atoms with Crippen LogP contribution in [0.4, 0.5) is 21.9 Å². The van der Waals surface area contributed by atoms with Crippen LogP contribution in [0.5, 0.6) is 0 Å². The van der Waals surface area contributed by atoms with E-state index in [-0.39, 0.29) is 10.6 Å². The third kappa shape index (κ3) is 4.45. The molecule has 0 atom stereocenters. The fourth-order valence-corrected chi connectivity index (χ4v) is 3.36. The number of halogens is 1. The van der Waals surface area contributed by atoms with Gasteiger partial charge in [0.2, 0.25) is 0 Å². The Morgan fingerprint density at radius 3 is 2.44 bits per heavy atom. The van der Waals surface area contributed by atoms with Gasteiger partial charge in [-0.1, -0.05) is 23.9 Å². The van der Waals surface area contributed by atoms with E-state index in [1.54, 1.807) is 24.3 Å². The molecular formula is C14H10BrN3O6S. The number of non-ortho nitro benzene ring substituents is 1. The van der Waals surface area contributed by atoms with Gasteiger partial charge in [0, 0.05) is 15.4 Å². The van der Waals surface area contributed by atoms with Crippen LogP contribution in [0.25, 0.3) is 0 Å². The highest BCUT2D eigenvalue weighted by Gasteiger charge is 2.26. The van der Waals surface area contributed by atoms with Gasteiger partial charge in [0.15, 0.2) is 0 Å². The minimum absolute atomic E-state index is 0.0490. The van der Waals surface area contributed by atoms with Gasteiger partial charge in [-0.2, -0.15) is 0 Å². The van der Waals surface area contributed by atoms with Crippen LogP contribution >= 0.6 is 27.7 Å². The molecule has 0 saturated carbocycles. The van der Waals surface area contributed by atoms with Gasteiger partial charge >= 0.3 is 6.09 Å². The molecule has 0 aliphatic carbocycles. The topological polar surface area (TPSA) is 125 Å². The molecule has 9 nitrogen and oxygen atoms in total. The number of benzene rings is 2. The van der Waals surface area contributed by atoms with E-state index < -0.39 is 27.3 Å². The maximum absolute atomic E-state index is 11.5. The third-order valence-corrected chi connectivity index (χ3v) is 5.10. The van der Waals surface area contributed by atoms with Crippen LogP contribution in [-0.4, -0.2) is 23.0 Å². The zero-order valence-electron chi connectivity index (χ0n) is 12.6. The standard InChI is InChI=1S/C14H10BrN3O6S/c1-24-14(19)16-10-6-8(17(20)21)7-11(18(22)23)13(10)25-12-5-3-2-4-9(12)15/h2-7H,1H3,(H,16,19). The van der Waals surface area contributed by atoms with Crippen LogP contribution < -0.4 is 5.32 Å². The van der Waals surface area contributed by atoms with Crippen molar-refractivity contribution in [1.82, 2.24) is 0 Å². The number of hydrogen-bond acceptors (Lipinski definition) is 7. The summed E-state index contributed by atoms with van der Waals surface area (Å²) in [4.78, 5) is 33.1. The summed E-state index contributed by atoms with van der Waals surface area (Å²) >= 11 is 4.32. The molecule has 1 amide bonds. The average molecular weight is 428 g/mol. The molecule has 2 rings (SSSR count). The van der Waals surface area contributed by atoms with Gasteiger partial charge in [0.05, 0.1) is 28.7 Å². The molecule has 0 saturated heterocycles. The third-order valence-electron chi connectivity index (χ3n) is 2.93. The lowest BCUT2D eigenvalue weighted by atomic mass is 10.2. The van der Waals surface area contributed by atoms with Gasteiger partial charge in [0.1, 0.15) is 4.90 Å². The summed E-state index contributed by atoms with van der Waals surface area (Å²) < 4.78 is 5.15. The summed E-state index contributed by atoms with van der Waals surface area (Å²) in [6, 6.07) is 8.85. The van der Waals surface area contributed by atoms with E-state index in [9.17, 15) is 25.0 Å². The van der Waals surface area contributed by atoms with Gasteiger partial charge in [-0.15, -0.1) is 0 Å². The Labute approximate surface area is 153 Å². The number of rotatable bonds is 5. The van der Waals surface area contributed by atoms with Crippen LogP contribution in [-0.2, 0) is 4.74 Å². The molecule has 0 fully saturated rings. The van der Waals surface area contributed by atoms with E-state index in [0.717, 1.165) is 31.0 Å². The van der Waals surface area contributed by atoms with Crippen LogP contribution in [0.2, 0.25) is 0 Å². The molecule has 2 aromatic carbocycles. The summed E-state index contributed by atoms with van der Waals surface area (Å²) in [6.45, 7) is 0. The second-order valence-electron chi connectivity index (χ2n) is 4.50. The van der Waals surface area contributed by atoms with Crippen molar-refractivity contribution in [1.29, 1.82) is 0 Å². The number of nitro groups is 2. The van der Waals surface area contributed by atoms with E-state index >= 15 is 0 Å². The Balaban J connectivity index is 2.64. The van der Waals surface area contributed by atoms with Crippen molar-refractivity contribution in [3.05, 3.63) is 61.1 Å². The first-order chi connectivity index (χ1) is 11.8. The Kier molecular flexibility index (Phi) is 5.93. The van der Waals surface area contributed by atoms with Crippen LogP contribution in [0, 0.1) is 20.2 Å². The molecule has 0 aromatic heterocycles. The number of hydrogen-bond donors (Lipinski definition) is 1. The fraction of sp³-hybridized carbons (Fsp3) is 0.0714. The highest BCUT2D eigenvalue weighted by Crippen LogP contribution is 2.44. The largest absolute Gasteiger partial charge is 0.453 e. The number of amides is 1. The van der Waals surface area contributed by atoms with E-state index in [4.69, 9.17) is 0 Å². The highest BCUT2D eigenvalue weighted by atomic mass is 79.9. The van der Waals surface area contributed by atoms with Crippen molar-refractivity contribution < 1.29 is 19.4 Å². The summed E-state index contributed by atoms with van der Waals surface area (Å²) in [7, 11) is 1.11. The van der Waals surface area contributed by atoms with Crippen LogP contribution in [0.1, 0.15) is 0 Å². The molecule has 0 heterocycles. The lowest BCUT2D eigenvalue weighted by Crippen LogP contribution is -2.12. The molecule has 11 heteroatoms. The summed E-state index contributed by atoms with van der Waals surface area (Å²) in [6.07, 6.45) is -0.899. The molecule has 25 heavy (non-hydrogen) atoms. The Morgan fingerprint density at radius 1 is 1.20 bits per heavy atom. The summed E-state index contributed by atoms with van der Waals surface area (Å²) in [5.74, 6) is 0. The van der Waals surface area contributed by atoms with Crippen molar-refractivity contribution in [2.45, 2.75) is 9.79 Å². The fourth-order valence-electron chi connectivity index (χ4n) is 1.84. The molecular weight excluding hydrogens is 418 g/mol.